The summed E-state index contributed by atoms with van der Waals surface area (Å²) in [6.07, 6.45) is 3.52. The molecule has 0 bridgehead atoms. The third kappa shape index (κ3) is 2.30. The van der Waals surface area contributed by atoms with Crippen LogP contribution in [0, 0.1) is 11.8 Å². The SMILES string of the molecule is CC1CCCC(NC(=O)c2n[nH]c3ccccc23)C1C. The number of nitrogens with zero attached hydrogens (tertiary/aromatic N) is 1. The smallest absolute Gasteiger partial charge is 0.272 e. The largest absolute Gasteiger partial charge is 0.348 e. The molecule has 20 heavy (non-hydrogen) atoms. The second kappa shape index (κ2) is 5.27. The van der Waals surface area contributed by atoms with Gasteiger partial charge in [0, 0.05) is 11.4 Å². The van der Waals surface area contributed by atoms with Gasteiger partial charge in [0.2, 0.25) is 0 Å². The van der Waals surface area contributed by atoms with Crippen LogP contribution in [0.2, 0.25) is 0 Å². The van der Waals surface area contributed by atoms with E-state index in [2.05, 4.69) is 29.4 Å². The van der Waals surface area contributed by atoms with E-state index in [1.807, 2.05) is 24.3 Å². The lowest BCUT2D eigenvalue weighted by atomic mass is 9.78. The molecule has 4 heteroatoms. The number of amides is 1. The highest BCUT2D eigenvalue weighted by atomic mass is 16.2. The van der Waals surface area contributed by atoms with Gasteiger partial charge in [0.15, 0.2) is 5.69 Å². The number of aromatic nitrogens is 2. The minimum Gasteiger partial charge on any atom is -0.348 e. The van der Waals surface area contributed by atoms with Gasteiger partial charge in [0.1, 0.15) is 0 Å². The quantitative estimate of drug-likeness (QED) is 0.881. The van der Waals surface area contributed by atoms with Gasteiger partial charge in [-0.05, 0) is 24.3 Å². The number of hydrogen-bond acceptors (Lipinski definition) is 2. The minimum absolute atomic E-state index is 0.0617. The highest BCUT2D eigenvalue weighted by Crippen LogP contribution is 2.29. The van der Waals surface area contributed by atoms with Crippen LogP contribution >= 0.6 is 0 Å². The maximum Gasteiger partial charge on any atom is 0.272 e. The average Bonchev–Trinajstić information content (AvgIpc) is 2.88. The summed E-state index contributed by atoms with van der Waals surface area (Å²) in [6.45, 7) is 4.50. The summed E-state index contributed by atoms with van der Waals surface area (Å²) in [6, 6.07) is 8.00. The predicted octanol–water partition coefficient (Wildman–Crippen LogP) is 3.12. The number of fused-ring (bicyclic) bond motifs is 1. The van der Waals surface area contributed by atoms with Gasteiger partial charge < -0.3 is 5.32 Å². The average molecular weight is 271 g/mol. The van der Waals surface area contributed by atoms with Crippen molar-refractivity contribution in [2.75, 3.05) is 0 Å². The lowest BCUT2D eigenvalue weighted by Crippen LogP contribution is -2.43. The second-order valence-electron chi connectivity index (χ2n) is 5.97. The Morgan fingerprint density at radius 2 is 2.10 bits per heavy atom. The summed E-state index contributed by atoms with van der Waals surface area (Å²) in [5, 5.41) is 11.1. The Morgan fingerprint density at radius 3 is 2.95 bits per heavy atom. The summed E-state index contributed by atoms with van der Waals surface area (Å²) in [5.41, 5.74) is 1.41. The van der Waals surface area contributed by atoms with E-state index < -0.39 is 0 Å². The van der Waals surface area contributed by atoms with Crippen LogP contribution in [0.5, 0.6) is 0 Å². The van der Waals surface area contributed by atoms with Crippen LogP contribution in [0.4, 0.5) is 0 Å². The third-order valence-electron chi connectivity index (χ3n) is 4.71. The first-order valence-electron chi connectivity index (χ1n) is 7.41. The summed E-state index contributed by atoms with van der Waals surface area (Å²) in [5.74, 6) is 1.14. The van der Waals surface area contributed by atoms with Crippen LogP contribution in [0.15, 0.2) is 24.3 Å². The van der Waals surface area contributed by atoms with Crippen molar-refractivity contribution in [3.63, 3.8) is 0 Å². The number of rotatable bonds is 2. The number of benzene rings is 1. The molecule has 0 spiro atoms. The Hall–Kier alpha value is -1.84. The van der Waals surface area contributed by atoms with E-state index in [4.69, 9.17) is 0 Å². The van der Waals surface area contributed by atoms with Crippen LogP contribution < -0.4 is 5.32 Å². The molecule has 1 heterocycles. The van der Waals surface area contributed by atoms with Gasteiger partial charge in [-0.2, -0.15) is 5.10 Å². The van der Waals surface area contributed by atoms with Gasteiger partial charge in [0.25, 0.3) is 5.91 Å². The maximum atomic E-state index is 12.4. The van der Waals surface area contributed by atoms with Gasteiger partial charge in [-0.25, -0.2) is 0 Å². The van der Waals surface area contributed by atoms with Gasteiger partial charge in [-0.15, -0.1) is 0 Å². The van der Waals surface area contributed by atoms with Crippen molar-refractivity contribution in [1.82, 2.24) is 15.5 Å². The number of carbonyl (C=O) groups is 1. The van der Waals surface area contributed by atoms with E-state index in [9.17, 15) is 4.79 Å². The van der Waals surface area contributed by atoms with Crippen molar-refractivity contribution in [2.45, 2.75) is 39.2 Å². The summed E-state index contributed by atoms with van der Waals surface area (Å²) in [7, 11) is 0. The summed E-state index contributed by atoms with van der Waals surface area (Å²) < 4.78 is 0. The van der Waals surface area contributed by atoms with Crippen LogP contribution in [-0.4, -0.2) is 22.1 Å². The summed E-state index contributed by atoms with van der Waals surface area (Å²) >= 11 is 0. The zero-order valence-corrected chi connectivity index (χ0v) is 12.0. The van der Waals surface area contributed by atoms with E-state index in [1.165, 1.54) is 12.8 Å². The van der Waals surface area contributed by atoms with Crippen molar-refractivity contribution < 1.29 is 4.79 Å². The van der Waals surface area contributed by atoms with Crippen LogP contribution in [0.3, 0.4) is 0 Å². The fraction of sp³-hybridized carbons (Fsp3) is 0.500. The first-order chi connectivity index (χ1) is 9.66. The lowest BCUT2D eigenvalue weighted by Gasteiger charge is -2.34. The molecule has 3 rings (SSSR count). The Kier molecular flexibility index (Phi) is 3.47. The first kappa shape index (κ1) is 13.2. The van der Waals surface area contributed by atoms with Crippen LogP contribution in [0.1, 0.15) is 43.6 Å². The van der Waals surface area contributed by atoms with Gasteiger partial charge in [-0.1, -0.05) is 44.9 Å². The highest BCUT2D eigenvalue weighted by molar-refractivity contribution is 6.04. The number of aromatic amines is 1. The molecule has 1 aliphatic rings. The molecule has 0 saturated heterocycles. The molecule has 4 nitrogen and oxygen atoms in total. The standard InChI is InChI=1S/C16H21N3O/c1-10-6-5-9-13(11(10)2)17-16(20)15-12-7-3-4-8-14(12)18-19-15/h3-4,7-8,10-11,13H,5-6,9H2,1-2H3,(H,17,20)(H,18,19). The van der Waals surface area contributed by atoms with Crippen molar-refractivity contribution in [3.8, 4) is 0 Å². The Bertz CT molecular complexity index is 619. The highest BCUT2D eigenvalue weighted by Gasteiger charge is 2.29. The number of nitrogens with one attached hydrogen (secondary N) is 2. The molecule has 3 atom stereocenters. The molecule has 0 aliphatic heterocycles. The fourth-order valence-corrected chi connectivity index (χ4v) is 3.16. The molecule has 1 aromatic heterocycles. The van der Waals surface area contributed by atoms with E-state index >= 15 is 0 Å². The van der Waals surface area contributed by atoms with E-state index in [0.717, 1.165) is 17.3 Å². The Labute approximate surface area is 119 Å². The molecule has 2 N–H and O–H groups in total. The molecule has 1 fully saturated rings. The maximum absolute atomic E-state index is 12.4. The van der Waals surface area contributed by atoms with E-state index in [0.29, 0.717) is 17.5 Å². The van der Waals surface area contributed by atoms with Crippen molar-refractivity contribution in [2.24, 2.45) is 11.8 Å². The minimum atomic E-state index is -0.0617. The predicted molar refractivity (Wildman–Crippen MR) is 79.5 cm³/mol. The lowest BCUT2D eigenvalue weighted by molar-refractivity contribution is 0.0887. The number of hydrogen-bond donors (Lipinski definition) is 2. The number of carbonyl (C=O) groups excluding carboxylic acids is 1. The molecule has 1 aliphatic carbocycles. The van der Waals surface area contributed by atoms with E-state index in [1.54, 1.807) is 0 Å². The molecule has 2 aromatic rings. The Morgan fingerprint density at radius 1 is 1.30 bits per heavy atom. The number of H-pyrrole nitrogens is 1. The van der Waals surface area contributed by atoms with Gasteiger partial charge in [0.05, 0.1) is 5.52 Å². The molecular formula is C16H21N3O. The Balaban J connectivity index is 1.79. The second-order valence-corrected chi connectivity index (χ2v) is 5.97. The van der Waals surface area contributed by atoms with Gasteiger partial charge in [-0.3, -0.25) is 9.89 Å². The monoisotopic (exact) mass is 271 g/mol. The third-order valence-corrected chi connectivity index (χ3v) is 4.71. The zero-order valence-electron chi connectivity index (χ0n) is 12.0. The van der Waals surface area contributed by atoms with E-state index in [-0.39, 0.29) is 11.9 Å². The van der Waals surface area contributed by atoms with Crippen LogP contribution in [-0.2, 0) is 0 Å². The molecular weight excluding hydrogens is 250 g/mol. The molecule has 3 unspecified atom stereocenters. The first-order valence-corrected chi connectivity index (χ1v) is 7.41. The number of para-hydroxylation sites is 1. The topological polar surface area (TPSA) is 57.8 Å². The molecule has 1 aromatic carbocycles. The fourth-order valence-electron chi connectivity index (χ4n) is 3.16. The molecule has 106 valence electrons. The zero-order chi connectivity index (χ0) is 14.1. The van der Waals surface area contributed by atoms with Crippen molar-refractivity contribution in [1.29, 1.82) is 0 Å². The molecule has 0 radical (unpaired) electrons. The summed E-state index contributed by atoms with van der Waals surface area (Å²) in [4.78, 5) is 12.4. The van der Waals surface area contributed by atoms with Gasteiger partial charge >= 0.3 is 0 Å². The normalized spacial score (nSPS) is 26.6. The van der Waals surface area contributed by atoms with Crippen LogP contribution in [0.25, 0.3) is 10.9 Å². The van der Waals surface area contributed by atoms with Crippen molar-refractivity contribution in [3.05, 3.63) is 30.0 Å². The van der Waals surface area contributed by atoms with Crippen molar-refractivity contribution >= 4 is 16.8 Å². The molecule has 1 saturated carbocycles. The molecule has 1 amide bonds.